The third-order valence-electron chi connectivity index (χ3n) is 2.95. The highest BCUT2D eigenvalue weighted by atomic mass is 32.1. The van der Waals surface area contributed by atoms with Crippen molar-refractivity contribution in [3.8, 4) is 0 Å². The molecule has 0 unspecified atom stereocenters. The molecule has 0 fully saturated rings. The van der Waals surface area contributed by atoms with Crippen molar-refractivity contribution >= 4 is 32.6 Å². The van der Waals surface area contributed by atoms with Crippen LogP contribution in [0.5, 0.6) is 0 Å². The van der Waals surface area contributed by atoms with Gasteiger partial charge in [-0.25, -0.2) is 9.97 Å². The first kappa shape index (κ1) is 13.5. The van der Waals surface area contributed by atoms with Crippen molar-refractivity contribution in [3.05, 3.63) is 35.9 Å². The van der Waals surface area contributed by atoms with E-state index in [1.165, 1.54) is 11.3 Å². The molecule has 0 bridgehead atoms. The number of thiazole rings is 1. The second kappa shape index (κ2) is 5.49. The molecule has 0 aliphatic heterocycles. The normalized spacial score (nSPS) is 10.9. The molecule has 21 heavy (non-hydrogen) atoms. The predicted molar refractivity (Wildman–Crippen MR) is 81.1 cm³/mol. The van der Waals surface area contributed by atoms with E-state index >= 15 is 0 Å². The van der Waals surface area contributed by atoms with Gasteiger partial charge in [0.1, 0.15) is 6.33 Å². The fourth-order valence-corrected chi connectivity index (χ4v) is 2.75. The monoisotopic (exact) mass is 302 g/mol. The molecule has 0 saturated heterocycles. The van der Waals surface area contributed by atoms with Crippen LogP contribution >= 0.6 is 11.3 Å². The lowest BCUT2D eigenvalue weighted by atomic mass is 10.2. The summed E-state index contributed by atoms with van der Waals surface area (Å²) in [4.78, 5) is 20.4. The van der Waals surface area contributed by atoms with Crippen molar-refractivity contribution in [2.24, 2.45) is 7.05 Å². The summed E-state index contributed by atoms with van der Waals surface area (Å²) in [7, 11) is 1.81. The van der Waals surface area contributed by atoms with Crippen molar-refractivity contribution in [3.63, 3.8) is 0 Å². The Hall–Kier alpha value is -2.48. The highest BCUT2D eigenvalue weighted by Gasteiger charge is 2.09. The Kier molecular flexibility index (Phi) is 3.53. The molecule has 3 N–H and O–H groups in total. The van der Waals surface area contributed by atoms with Gasteiger partial charge in [0.2, 0.25) is 0 Å². The van der Waals surface area contributed by atoms with Crippen molar-refractivity contribution in [2.75, 3.05) is 12.3 Å². The number of fused-ring (bicyclic) bond motifs is 1. The van der Waals surface area contributed by atoms with Crippen LogP contribution in [0.25, 0.3) is 10.2 Å². The second-order valence-electron chi connectivity index (χ2n) is 4.57. The van der Waals surface area contributed by atoms with Crippen LogP contribution in [0.2, 0.25) is 0 Å². The van der Waals surface area contributed by atoms with E-state index in [1.54, 1.807) is 29.2 Å². The number of nitrogens with zero attached hydrogens (tertiary/aromatic N) is 4. The Morgan fingerprint density at radius 1 is 1.48 bits per heavy atom. The van der Waals surface area contributed by atoms with Gasteiger partial charge in [-0.2, -0.15) is 5.10 Å². The summed E-state index contributed by atoms with van der Waals surface area (Å²) in [5.41, 5.74) is 7.06. The van der Waals surface area contributed by atoms with Gasteiger partial charge in [0.05, 0.1) is 10.2 Å². The fraction of sp³-hybridized carbons (Fsp3) is 0.231. The zero-order valence-corrected chi connectivity index (χ0v) is 12.2. The minimum atomic E-state index is -0.125. The Balaban J connectivity index is 1.63. The molecule has 3 aromatic rings. The molecule has 1 amide bonds. The van der Waals surface area contributed by atoms with Crippen LogP contribution in [0.4, 0.5) is 5.13 Å². The van der Waals surface area contributed by atoms with Gasteiger partial charge in [0.25, 0.3) is 5.91 Å². The molecule has 0 spiro atoms. The van der Waals surface area contributed by atoms with Crippen molar-refractivity contribution in [2.45, 2.75) is 6.42 Å². The standard InChI is InChI=1S/C13H14N6OS/c1-19-7-16-11(18-19)4-5-15-12(20)8-2-3-9-10(6-8)21-13(14)17-9/h2-3,6-7H,4-5H2,1H3,(H2,14,17)(H,15,20). The number of aryl methyl sites for hydroxylation is 1. The number of rotatable bonds is 4. The molecule has 3 rings (SSSR count). The zero-order chi connectivity index (χ0) is 14.8. The molecule has 2 heterocycles. The van der Waals surface area contributed by atoms with Crippen molar-refractivity contribution in [1.29, 1.82) is 0 Å². The van der Waals surface area contributed by atoms with Gasteiger partial charge in [-0.3, -0.25) is 9.48 Å². The average molecular weight is 302 g/mol. The van der Waals surface area contributed by atoms with Crippen LogP contribution in [-0.4, -0.2) is 32.2 Å². The molecule has 108 valence electrons. The Morgan fingerprint density at radius 3 is 3.10 bits per heavy atom. The van der Waals surface area contributed by atoms with Crippen LogP contribution in [0.1, 0.15) is 16.2 Å². The molecule has 7 nitrogen and oxygen atoms in total. The average Bonchev–Trinajstić information content (AvgIpc) is 3.02. The van der Waals surface area contributed by atoms with Gasteiger partial charge >= 0.3 is 0 Å². The lowest BCUT2D eigenvalue weighted by molar-refractivity contribution is 0.0954. The van der Waals surface area contributed by atoms with E-state index in [2.05, 4.69) is 20.4 Å². The van der Waals surface area contributed by atoms with E-state index in [1.807, 2.05) is 7.05 Å². The van der Waals surface area contributed by atoms with Crippen molar-refractivity contribution < 1.29 is 4.79 Å². The van der Waals surface area contributed by atoms with E-state index < -0.39 is 0 Å². The summed E-state index contributed by atoms with van der Waals surface area (Å²) in [5.74, 6) is 0.586. The SMILES string of the molecule is Cn1cnc(CCNC(=O)c2ccc3nc(N)sc3c2)n1. The summed E-state index contributed by atoms with van der Waals surface area (Å²) < 4.78 is 2.55. The highest BCUT2D eigenvalue weighted by molar-refractivity contribution is 7.22. The maximum absolute atomic E-state index is 12.1. The lowest BCUT2D eigenvalue weighted by Crippen LogP contribution is -2.25. The van der Waals surface area contributed by atoms with Gasteiger partial charge in [0.15, 0.2) is 11.0 Å². The predicted octanol–water partition coefficient (Wildman–Crippen LogP) is 0.980. The van der Waals surface area contributed by atoms with Gasteiger partial charge in [-0.15, -0.1) is 0 Å². The number of benzene rings is 1. The second-order valence-corrected chi connectivity index (χ2v) is 5.64. The zero-order valence-electron chi connectivity index (χ0n) is 11.4. The topological polar surface area (TPSA) is 98.7 Å². The smallest absolute Gasteiger partial charge is 0.251 e. The maximum atomic E-state index is 12.1. The molecule has 0 saturated carbocycles. The van der Waals surface area contributed by atoms with Crippen LogP contribution in [0.3, 0.4) is 0 Å². The third kappa shape index (κ3) is 3.00. The number of hydrogen-bond acceptors (Lipinski definition) is 6. The van der Waals surface area contributed by atoms with Gasteiger partial charge in [-0.05, 0) is 18.2 Å². The third-order valence-corrected chi connectivity index (χ3v) is 3.80. The molecular weight excluding hydrogens is 288 g/mol. The van der Waals surface area contributed by atoms with Crippen LogP contribution in [-0.2, 0) is 13.5 Å². The first-order valence-corrected chi connectivity index (χ1v) is 7.22. The van der Waals surface area contributed by atoms with E-state index in [0.29, 0.717) is 29.5 Å². The minimum absolute atomic E-state index is 0.125. The number of nitrogens with one attached hydrogen (secondary N) is 1. The molecular formula is C13H14N6OS. The van der Waals surface area contributed by atoms with E-state index in [4.69, 9.17) is 5.73 Å². The number of nitrogens with two attached hydrogens (primary N) is 1. The van der Waals surface area contributed by atoms with Crippen LogP contribution in [0, 0.1) is 0 Å². The summed E-state index contributed by atoms with van der Waals surface area (Å²) >= 11 is 1.37. The number of nitrogen functional groups attached to an aromatic ring is 1. The van der Waals surface area contributed by atoms with E-state index in [0.717, 1.165) is 10.2 Å². The van der Waals surface area contributed by atoms with Crippen LogP contribution < -0.4 is 11.1 Å². The number of amides is 1. The fourth-order valence-electron chi connectivity index (χ4n) is 1.97. The number of anilines is 1. The number of hydrogen-bond donors (Lipinski definition) is 2. The lowest BCUT2D eigenvalue weighted by Gasteiger charge is -2.03. The summed E-state index contributed by atoms with van der Waals surface area (Å²) in [5, 5.41) is 7.51. The Labute approximate surface area is 124 Å². The molecule has 8 heteroatoms. The van der Waals surface area contributed by atoms with Gasteiger partial charge < -0.3 is 11.1 Å². The number of carbonyl (C=O) groups is 1. The first-order valence-electron chi connectivity index (χ1n) is 6.40. The largest absolute Gasteiger partial charge is 0.375 e. The Morgan fingerprint density at radius 2 is 2.33 bits per heavy atom. The quantitative estimate of drug-likeness (QED) is 0.748. The maximum Gasteiger partial charge on any atom is 0.251 e. The Bertz CT molecular complexity index is 793. The summed E-state index contributed by atoms with van der Waals surface area (Å²) in [6.45, 7) is 0.492. The first-order chi connectivity index (χ1) is 10.1. The minimum Gasteiger partial charge on any atom is -0.375 e. The van der Waals surface area contributed by atoms with Crippen LogP contribution in [0.15, 0.2) is 24.5 Å². The van der Waals surface area contributed by atoms with Gasteiger partial charge in [-0.1, -0.05) is 11.3 Å². The molecule has 0 radical (unpaired) electrons. The summed E-state index contributed by atoms with van der Waals surface area (Å²) in [6.07, 6.45) is 2.24. The molecule has 0 atom stereocenters. The number of aromatic nitrogens is 4. The highest BCUT2D eigenvalue weighted by Crippen LogP contribution is 2.24. The van der Waals surface area contributed by atoms with E-state index in [9.17, 15) is 4.79 Å². The molecule has 2 aromatic heterocycles. The molecule has 0 aliphatic carbocycles. The molecule has 1 aromatic carbocycles. The van der Waals surface area contributed by atoms with Crippen molar-refractivity contribution in [1.82, 2.24) is 25.1 Å². The number of carbonyl (C=O) groups excluding carboxylic acids is 1. The van der Waals surface area contributed by atoms with E-state index in [-0.39, 0.29) is 5.91 Å². The molecule has 0 aliphatic rings. The van der Waals surface area contributed by atoms with Gasteiger partial charge in [0, 0.05) is 25.6 Å². The summed E-state index contributed by atoms with van der Waals surface area (Å²) in [6, 6.07) is 5.35.